The molecule has 7 nitrogen and oxygen atoms in total. The summed E-state index contributed by atoms with van der Waals surface area (Å²) in [5.41, 5.74) is -0.149. The number of nitrogens with one attached hydrogen (secondary N) is 1. The lowest BCUT2D eigenvalue weighted by molar-refractivity contribution is -0.147. The second-order valence-electron chi connectivity index (χ2n) is 7.06. The van der Waals surface area contributed by atoms with Gasteiger partial charge in [0.15, 0.2) is 0 Å². The van der Waals surface area contributed by atoms with Crippen LogP contribution in [0.1, 0.15) is 32.2 Å². The van der Waals surface area contributed by atoms with Crippen LogP contribution in [0, 0.1) is 0 Å². The van der Waals surface area contributed by atoms with E-state index in [4.69, 9.17) is 0 Å². The van der Waals surface area contributed by atoms with Crippen molar-refractivity contribution in [3.63, 3.8) is 0 Å². The van der Waals surface area contributed by atoms with Gasteiger partial charge in [0.2, 0.25) is 15.8 Å². The highest BCUT2D eigenvalue weighted by atomic mass is 32.2. The molecule has 0 fully saturated rings. The summed E-state index contributed by atoms with van der Waals surface area (Å²) < 4.78 is 66.0. The van der Waals surface area contributed by atoms with E-state index in [0.29, 0.717) is 9.25 Å². The van der Waals surface area contributed by atoms with Crippen molar-refractivity contribution in [3.05, 3.63) is 46.1 Å². The number of rotatable bonds is 5. The third kappa shape index (κ3) is 4.78. The molecule has 0 amide bonds. The Kier molecular flexibility index (Phi) is 5.58. The fraction of sp³-hybridized carbons (Fsp3) is 0.500. The Morgan fingerprint density at radius 3 is 2.11 bits per heavy atom. The fourth-order valence-corrected chi connectivity index (χ4v) is 3.40. The van der Waals surface area contributed by atoms with Crippen LogP contribution in [0.25, 0.3) is 0 Å². The van der Waals surface area contributed by atoms with Crippen LogP contribution in [0.5, 0.6) is 0 Å². The summed E-state index contributed by atoms with van der Waals surface area (Å²) in [4.78, 5) is 11.8. The lowest BCUT2D eigenvalue weighted by Gasteiger charge is -2.19. The van der Waals surface area contributed by atoms with Crippen molar-refractivity contribution >= 4 is 10.0 Å². The molecular formula is C16H21F3N4O3S. The Morgan fingerprint density at radius 1 is 1.11 bits per heavy atom. The zero-order valence-corrected chi connectivity index (χ0v) is 16.1. The van der Waals surface area contributed by atoms with Crippen molar-refractivity contribution in [2.75, 3.05) is 6.54 Å². The number of hydrogen-bond acceptors (Lipinski definition) is 4. The molecule has 0 saturated carbocycles. The Balaban J connectivity index is 2.10. The molecule has 2 aromatic rings. The van der Waals surface area contributed by atoms with E-state index in [2.05, 4.69) is 9.82 Å². The summed E-state index contributed by atoms with van der Waals surface area (Å²) >= 11 is 0. The Morgan fingerprint density at radius 2 is 1.67 bits per heavy atom. The van der Waals surface area contributed by atoms with Crippen LogP contribution in [0.3, 0.4) is 0 Å². The first-order chi connectivity index (χ1) is 12.2. The van der Waals surface area contributed by atoms with E-state index in [-0.39, 0.29) is 23.4 Å². The zero-order chi connectivity index (χ0) is 20.6. The molecule has 0 unspecified atom stereocenters. The molecule has 2 rings (SSSR count). The first-order valence-electron chi connectivity index (χ1n) is 8.05. The van der Waals surface area contributed by atoms with Gasteiger partial charge in [0.05, 0.1) is 11.4 Å². The smallest absolute Gasteiger partial charge is 0.274 e. The average molecular weight is 406 g/mol. The molecule has 0 spiro atoms. The number of aromatic nitrogens is 3. The molecule has 11 heteroatoms. The maximum absolute atomic E-state index is 12.7. The second kappa shape index (κ2) is 7.12. The standard InChI is InChI=1S/C16H21F3N4O3S/c1-15(2,3)11-5-7-12(8-6-11)27(25,26)20-9-10-23-14(24)22(4)13(21-23)16(17,18)19/h5-8,20H,9-10H2,1-4H3. The summed E-state index contributed by atoms with van der Waals surface area (Å²) in [6.45, 7) is 5.37. The van der Waals surface area contributed by atoms with Crippen molar-refractivity contribution in [3.8, 4) is 0 Å². The molecule has 0 bridgehead atoms. The highest BCUT2D eigenvalue weighted by Crippen LogP contribution is 2.26. The van der Waals surface area contributed by atoms with Crippen LogP contribution in [0.2, 0.25) is 0 Å². The minimum absolute atomic E-state index is 0.0276. The number of nitrogens with zero attached hydrogens (tertiary/aromatic N) is 3. The van der Waals surface area contributed by atoms with Gasteiger partial charge in [-0.05, 0) is 23.1 Å². The number of benzene rings is 1. The second-order valence-corrected chi connectivity index (χ2v) is 8.83. The van der Waals surface area contributed by atoms with Crippen molar-refractivity contribution in [2.24, 2.45) is 7.05 Å². The maximum Gasteiger partial charge on any atom is 0.451 e. The molecule has 0 radical (unpaired) electrons. The molecule has 27 heavy (non-hydrogen) atoms. The minimum Gasteiger partial charge on any atom is -0.274 e. The van der Waals surface area contributed by atoms with E-state index in [1.54, 1.807) is 12.1 Å². The van der Waals surface area contributed by atoms with E-state index < -0.39 is 27.7 Å². The molecule has 0 aliphatic rings. The van der Waals surface area contributed by atoms with Gasteiger partial charge < -0.3 is 0 Å². The molecule has 1 heterocycles. The van der Waals surface area contributed by atoms with Crippen molar-refractivity contribution in [1.29, 1.82) is 0 Å². The molecule has 0 saturated heterocycles. The highest BCUT2D eigenvalue weighted by Gasteiger charge is 2.37. The van der Waals surface area contributed by atoms with E-state index >= 15 is 0 Å². The fourth-order valence-electron chi connectivity index (χ4n) is 2.38. The van der Waals surface area contributed by atoms with E-state index in [1.807, 2.05) is 20.8 Å². The van der Waals surface area contributed by atoms with Crippen LogP contribution in [-0.4, -0.2) is 29.3 Å². The van der Waals surface area contributed by atoms with E-state index in [1.165, 1.54) is 12.1 Å². The largest absolute Gasteiger partial charge is 0.451 e. The van der Waals surface area contributed by atoms with Crippen LogP contribution < -0.4 is 10.4 Å². The van der Waals surface area contributed by atoms with Gasteiger partial charge in [-0.15, -0.1) is 5.10 Å². The molecule has 1 N–H and O–H groups in total. The van der Waals surface area contributed by atoms with Crippen LogP contribution in [0.15, 0.2) is 34.0 Å². The van der Waals surface area contributed by atoms with Gasteiger partial charge in [-0.2, -0.15) is 13.2 Å². The lowest BCUT2D eigenvalue weighted by Crippen LogP contribution is -2.32. The maximum atomic E-state index is 12.7. The number of hydrogen-bond donors (Lipinski definition) is 1. The van der Waals surface area contributed by atoms with Gasteiger partial charge in [0.1, 0.15) is 0 Å². The monoisotopic (exact) mass is 406 g/mol. The summed E-state index contributed by atoms with van der Waals surface area (Å²) in [7, 11) is -2.91. The highest BCUT2D eigenvalue weighted by molar-refractivity contribution is 7.89. The summed E-state index contributed by atoms with van der Waals surface area (Å²) in [6.07, 6.45) is -4.77. The van der Waals surface area contributed by atoms with Crippen molar-refractivity contribution < 1.29 is 21.6 Å². The Labute approximate surface area is 154 Å². The molecule has 150 valence electrons. The average Bonchev–Trinajstić information content (AvgIpc) is 2.82. The molecule has 0 aliphatic carbocycles. The van der Waals surface area contributed by atoms with E-state index in [0.717, 1.165) is 12.6 Å². The molecule has 1 aromatic heterocycles. The third-order valence-corrected chi connectivity index (χ3v) is 5.42. The SMILES string of the molecule is Cn1c(C(F)(F)F)nn(CCNS(=O)(=O)c2ccc(C(C)(C)C)cc2)c1=O. The molecular weight excluding hydrogens is 385 g/mol. The summed E-state index contributed by atoms with van der Waals surface area (Å²) in [5.74, 6) is -1.34. The molecule has 0 atom stereocenters. The molecule has 1 aromatic carbocycles. The number of sulfonamides is 1. The Hall–Kier alpha value is -2.14. The van der Waals surface area contributed by atoms with Crippen LogP contribution in [-0.2, 0) is 35.2 Å². The normalized spacial score (nSPS) is 13.1. The number of halogens is 3. The third-order valence-electron chi connectivity index (χ3n) is 3.94. The first-order valence-corrected chi connectivity index (χ1v) is 9.53. The van der Waals surface area contributed by atoms with Gasteiger partial charge in [-0.25, -0.2) is 22.6 Å². The van der Waals surface area contributed by atoms with Gasteiger partial charge in [0, 0.05) is 13.6 Å². The Bertz CT molecular complexity index is 968. The van der Waals surface area contributed by atoms with Gasteiger partial charge in [-0.3, -0.25) is 4.57 Å². The van der Waals surface area contributed by atoms with Gasteiger partial charge in [-0.1, -0.05) is 32.9 Å². The van der Waals surface area contributed by atoms with Crippen LogP contribution >= 0.6 is 0 Å². The van der Waals surface area contributed by atoms with Gasteiger partial charge >= 0.3 is 11.9 Å². The van der Waals surface area contributed by atoms with Crippen molar-refractivity contribution in [1.82, 2.24) is 19.1 Å². The number of alkyl halides is 3. The summed E-state index contributed by atoms with van der Waals surface area (Å²) in [6, 6.07) is 6.32. The lowest BCUT2D eigenvalue weighted by atomic mass is 9.87. The topological polar surface area (TPSA) is 86.0 Å². The quantitative estimate of drug-likeness (QED) is 0.822. The minimum atomic E-state index is -4.77. The molecule has 0 aliphatic heterocycles. The van der Waals surface area contributed by atoms with Crippen LogP contribution in [0.4, 0.5) is 13.2 Å². The first kappa shape index (κ1) is 21.2. The zero-order valence-electron chi connectivity index (χ0n) is 15.3. The van der Waals surface area contributed by atoms with Crippen molar-refractivity contribution in [2.45, 2.75) is 43.8 Å². The van der Waals surface area contributed by atoms with E-state index in [9.17, 15) is 26.4 Å². The van der Waals surface area contributed by atoms with Gasteiger partial charge in [0.25, 0.3) is 0 Å². The predicted octanol–water partition coefficient (Wildman–Crippen LogP) is 1.88. The summed E-state index contributed by atoms with van der Waals surface area (Å²) in [5, 5.41) is 3.22. The predicted molar refractivity (Wildman–Crippen MR) is 92.8 cm³/mol.